The Labute approximate surface area is 107 Å². The molecule has 7 nitrogen and oxygen atoms in total. The maximum Gasteiger partial charge on any atom is 0.244 e. The number of piperidine rings is 1. The first-order valence-electron chi connectivity index (χ1n) is 6.49. The van der Waals surface area contributed by atoms with Gasteiger partial charge in [0.15, 0.2) is 0 Å². The maximum atomic E-state index is 12.1. The van der Waals surface area contributed by atoms with Gasteiger partial charge in [-0.05, 0) is 49.2 Å². The van der Waals surface area contributed by atoms with Crippen molar-refractivity contribution < 1.29 is 4.79 Å². The Hall–Kier alpha value is -1.50. The van der Waals surface area contributed by atoms with Crippen molar-refractivity contribution in [3.63, 3.8) is 0 Å². The lowest BCUT2D eigenvalue weighted by Crippen LogP contribution is -2.40. The molecule has 18 heavy (non-hydrogen) atoms. The van der Waals surface area contributed by atoms with Crippen LogP contribution in [-0.4, -0.2) is 57.2 Å². The fourth-order valence-corrected chi connectivity index (χ4v) is 2.27. The number of rotatable bonds is 5. The van der Waals surface area contributed by atoms with E-state index in [1.807, 2.05) is 11.8 Å². The van der Waals surface area contributed by atoms with Crippen molar-refractivity contribution in [1.82, 2.24) is 30.4 Å². The number of aromatic nitrogens is 4. The van der Waals surface area contributed by atoms with Crippen LogP contribution in [0.15, 0.2) is 6.33 Å². The molecule has 0 aliphatic carbocycles. The molecule has 2 rings (SSSR count). The molecule has 1 amide bonds. The number of carbonyl (C=O) groups is 1. The quantitative estimate of drug-likeness (QED) is 0.766. The molecule has 1 saturated heterocycles. The van der Waals surface area contributed by atoms with E-state index in [-0.39, 0.29) is 12.5 Å². The van der Waals surface area contributed by atoms with Gasteiger partial charge in [-0.1, -0.05) is 0 Å². The maximum absolute atomic E-state index is 12.1. The smallest absolute Gasteiger partial charge is 0.244 e. The number of tetrazole rings is 1. The Kier molecular flexibility index (Phi) is 4.63. The summed E-state index contributed by atoms with van der Waals surface area (Å²) in [6.07, 6.45) is 3.76. The minimum Gasteiger partial charge on any atom is -0.341 e. The molecule has 2 heterocycles. The van der Waals surface area contributed by atoms with E-state index in [2.05, 4.69) is 20.8 Å². The summed E-state index contributed by atoms with van der Waals surface area (Å²) >= 11 is 0. The Bertz CT molecular complexity index is 360. The Morgan fingerprint density at radius 2 is 2.28 bits per heavy atom. The molecular formula is C11H20N6O. The number of hydrogen-bond donors (Lipinski definition) is 1. The molecule has 7 heteroatoms. The lowest BCUT2D eigenvalue weighted by molar-refractivity contribution is -0.132. The second-order valence-electron chi connectivity index (χ2n) is 4.63. The Morgan fingerprint density at radius 3 is 2.89 bits per heavy atom. The van der Waals surface area contributed by atoms with Crippen LogP contribution >= 0.6 is 0 Å². The van der Waals surface area contributed by atoms with Crippen LogP contribution in [0.1, 0.15) is 19.8 Å². The van der Waals surface area contributed by atoms with Crippen molar-refractivity contribution in [2.45, 2.75) is 26.3 Å². The molecule has 0 spiro atoms. The van der Waals surface area contributed by atoms with E-state index < -0.39 is 0 Å². The zero-order valence-electron chi connectivity index (χ0n) is 10.7. The van der Waals surface area contributed by atoms with E-state index >= 15 is 0 Å². The van der Waals surface area contributed by atoms with Gasteiger partial charge in [0.1, 0.15) is 12.9 Å². The molecule has 1 aromatic rings. The van der Waals surface area contributed by atoms with E-state index in [1.165, 1.54) is 11.0 Å². The number of amides is 1. The summed E-state index contributed by atoms with van der Waals surface area (Å²) in [7, 11) is 0. The lowest BCUT2D eigenvalue weighted by atomic mass is 9.97. The van der Waals surface area contributed by atoms with Crippen LogP contribution in [0.5, 0.6) is 0 Å². The minimum atomic E-state index is 0.0864. The van der Waals surface area contributed by atoms with Crippen LogP contribution in [0.25, 0.3) is 0 Å². The predicted molar refractivity (Wildman–Crippen MR) is 65.7 cm³/mol. The van der Waals surface area contributed by atoms with Crippen LogP contribution in [0.2, 0.25) is 0 Å². The van der Waals surface area contributed by atoms with E-state index in [4.69, 9.17) is 0 Å². The second kappa shape index (κ2) is 6.44. The van der Waals surface area contributed by atoms with Gasteiger partial charge in [-0.25, -0.2) is 4.68 Å². The number of likely N-dealkylation sites (N-methyl/N-ethyl adjacent to an activating group) is 1. The van der Waals surface area contributed by atoms with Crippen LogP contribution in [0.3, 0.4) is 0 Å². The largest absolute Gasteiger partial charge is 0.341 e. The average Bonchev–Trinajstić information content (AvgIpc) is 2.90. The molecule has 0 aromatic carbocycles. The molecule has 0 bridgehead atoms. The third kappa shape index (κ3) is 3.49. The van der Waals surface area contributed by atoms with Gasteiger partial charge in [-0.3, -0.25) is 4.79 Å². The van der Waals surface area contributed by atoms with Gasteiger partial charge in [0.05, 0.1) is 0 Å². The molecule has 0 saturated carbocycles. The monoisotopic (exact) mass is 252 g/mol. The number of nitrogens with one attached hydrogen (secondary N) is 1. The molecule has 1 aromatic heterocycles. The first-order valence-corrected chi connectivity index (χ1v) is 6.49. The van der Waals surface area contributed by atoms with Crippen molar-refractivity contribution in [1.29, 1.82) is 0 Å². The zero-order valence-corrected chi connectivity index (χ0v) is 10.7. The average molecular weight is 252 g/mol. The van der Waals surface area contributed by atoms with Crippen LogP contribution in [0, 0.1) is 5.92 Å². The predicted octanol–water partition coefficient (Wildman–Crippen LogP) is -0.479. The van der Waals surface area contributed by atoms with Gasteiger partial charge in [-0.15, -0.1) is 5.10 Å². The van der Waals surface area contributed by atoms with E-state index in [0.29, 0.717) is 5.92 Å². The highest BCUT2D eigenvalue weighted by Gasteiger charge is 2.19. The summed E-state index contributed by atoms with van der Waals surface area (Å²) in [5, 5.41) is 14.1. The second-order valence-corrected chi connectivity index (χ2v) is 4.63. The van der Waals surface area contributed by atoms with Gasteiger partial charge in [-0.2, -0.15) is 0 Å². The standard InChI is InChI=1S/C11H20N6O/c1-2-16(7-10-3-5-12-6-4-10)11(18)8-17-9-13-14-15-17/h9-10,12H,2-8H2,1H3. The molecular weight excluding hydrogens is 232 g/mol. The molecule has 0 unspecified atom stereocenters. The summed E-state index contributed by atoms with van der Waals surface area (Å²) in [5.74, 6) is 0.701. The molecule has 1 N–H and O–H groups in total. The highest BCUT2D eigenvalue weighted by atomic mass is 16.2. The van der Waals surface area contributed by atoms with E-state index in [9.17, 15) is 4.79 Å². The number of hydrogen-bond acceptors (Lipinski definition) is 5. The molecule has 0 atom stereocenters. The van der Waals surface area contributed by atoms with Crippen LogP contribution < -0.4 is 5.32 Å². The Morgan fingerprint density at radius 1 is 1.50 bits per heavy atom. The van der Waals surface area contributed by atoms with Gasteiger partial charge in [0.25, 0.3) is 0 Å². The first-order chi connectivity index (χ1) is 8.79. The zero-order chi connectivity index (χ0) is 12.8. The Balaban J connectivity index is 1.85. The van der Waals surface area contributed by atoms with Gasteiger partial charge < -0.3 is 10.2 Å². The summed E-state index contributed by atoms with van der Waals surface area (Å²) in [4.78, 5) is 14.0. The van der Waals surface area contributed by atoms with E-state index in [1.54, 1.807) is 0 Å². The fraction of sp³-hybridized carbons (Fsp3) is 0.818. The van der Waals surface area contributed by atoms with Crippen molar-refractivity contribution in [3.05, 3.63) is 6.33 Å². The van der Waals surface area contributed by atoms with Gasteiger partial charge in [0, 0.05) is 13.1 Å². The summed E-state index contributed by atoms with van der Waals surface area (Å²) in [6, 6.07) is 0. The number of nitrogens with zero attached hydrogens (tertiary/aromatic N) is 5. The van der Waals surface area contributed by atoms with Crippen molar-refractivity contribution >= 4 is 5.91 Å². The van der Waals surface area contributed by atoms with Gasteiger partial charge >= 0.3 is 0 Å². The minimum absolute atomic E-state index is 0.0864. The highest BCUT2D eigenvalue weighted by Crippen LogP contribution is 2.13. The third-order valence-corrected chi connectivity index (χ3v) is 3.36. The topological polar surface area (TPSA) is 75.9 Å². The summed E-state index contributed by atoms with van der Waals surface area (Å²) in [6.45, 7) is 5.95. The molecule has 1 fully saturated rings. The SMILES string of the molecule is CCN(CC1CCNCC1)C(=O)Cn1cnnn1. The van der Waals surface area contributed by atoms with Crippen molar-refractivity contribution in [2.75, 3.05) is 26.2 Å². The van der Waals surface area contributed by atoms with Crippen molar-refractivity contribution in [2.24, 2.45) is 5.92 Å². The first kappa shape index (κ1) is 12.9. The van der Waals surface area contributed by atoms with E-state index in [0.717, 1.165) is 39.0 Å². The van der Waals surface area contributed by atoms with Crippen LogP contribution in [0.4, 0.5) is 0 Å². The van der Waals surface area contributed by atoms with Crippen molar-refractivity contribution in [3.8, 4) is 0 Å². The molecule has 1 aliphatic rings. The molecule has 100 valence electrons. The molecule has 1 aliphatic heterocycles. The normalized spacial score (nSPS) is 16.7. The summed E-state index contributed by atoms with van der Waals surface area (Å²) in [5.41, 5.74) is 0. The highest BCUT2D eigenvalue weighted by molar-refractivity contribution is 5.75. The lowest BCUT2D eigenvalue weighted by Gasteiger charge is -2.29. The van der Waals surface area contributed by atoms with Gasteiger partial charge in [0.2, 0.25) is 5.91 Å². The molecule has 0 radical (unpaired) electrons. The van der Waals surface area contributed by atoms with Crippen LogP contribution in [-0.2, 0) is 11.3 Å². The third-order valence-electron chi connectivity index (χ3n) is 3.36. The number of carbonyl (C=O) groups excluding carboxylic acids is 1. The fourth-order valence-electron chi connectivity index (χ4n) is 2.27. The summed E-state index contributed by atoms with van der Waals surface area (Å²) < 4.78 is 1.47.